The lowest BCUT2D eigenvalue weighted by molar-refractivity contribution is -0.124. The van der Waals surface area contributed by atoms with Crippen LogP contribution in [-0.4, -0.2) is 51.7 Å². The first-order valence-corrected chi connectivity index (χ1v) is 11.2. The number of piperidine rings is 1. The Morgan fingerprint density at radius 3 is 2.42 bits per heavy atom. The molecule has 1 saturated carbocycles. The number of hydrogen-bond acceptors (Lipinski definition) is 6. The molecule has 2 aromatic carbocycles. The summed E-state index contributed by atoms with van der Waals surface area (Å²) in [6.45, 7) is 2.09. The highest BCUT2D eigenvalue weighted by atomic mass is 16.5. The molecule has 5 rings (SSSR count). The zero-order valence-corrected chi connectivity index (χ0v) is 18.3. The number of hydrogen-bond donors (Lipinski definition) is 2. The first-order valence-electron chi connectivity index (χ1n) is 11.2. The highest BCUT2D eigenvalue weighted by molar-refractivity contribution is 5.81. The summed E-state index contributed by atoms with van der Waals surface area (Å²) < 4.78 is 5.46. The Morgan fingerprint density at radius 2 is 1.76 bits per heavy atom. The second-order valence-corrected chi connectivity index (χ2v) is 8.42. The summed E-state index contributed by atoms with van der Waals surface area (Å²) in [4.78, 5) is 27.8. The van der Waals surface area contributed by atoms with Gasteiger partial charge in [-0.15, -0.1) is 0 Å². The number of benzene rings is 2. The molecule has 0 unspecified atom stereocenters. The molecular weight excluding hydrogens is 420 g/mol. The molecule has 1 aliphatic heterocycles. The molecule has 2 heterocycles. The van der Waals surface area contributed by atoms with Crippen molar-refractivity contribution in [1.29, 1.82) is 0 Å². The second kappa shape index (κ2) is 10.9. The van der Waals surface area contributed by atoms with Gasteiger partial charge in [-0.05, 0) is 43.5 Å². The first kappa shape index (κ1) is 22.7. The van der Waals surface area contributed by atoms with E-state index in [1.165, 1.54) is 5.56 Å². The fraction of sp³-hybridized carbons (Fsp3) is 0.360. The molecule has 2 aliphatic rings. The van der Waals surface area contributed by atoms with Gasteiger partial charge >= 0.3 is 0 Å². The van der Waals surface area contributed by atoms with E-state index < -0.39 is 0 Å². The monoisotopic (exact) mass is 448 g/mol. The Morgan fingerprint density at radius 1 is 1.09 bits per heavy atom. The maximum atomic E-state index is 12.5. The third kappa shape index (κ3) is 6.04. The summed E-state index contributed by atoms with van der Waals surface area (Å²) >= 11 is 0. The number of carbonyl (C=O) groups excluding carboxylic acids is 1. The Labute approximate surface area is 192 Å². The molecule has 8 nitrogen and oxygen atoms in total. The molecule has 8 heteroatoms. The predicted molar refractivity (Wildman–Crippen MR) is 122 cm³/mol. The Hall–Kier alpha value is -3.52. The van der Waals surface area contributed by atoms with E-state index in [1.54, 1.807) is 0 Å². The van der Waals surface area contributed by atoms with Crippen molar-refractivity contribution in [3.8, 4) is 11.5 Å². The summed E-state index contributed by atoms with van der Waals surface area (Å²) in [6, 6.07) is 20.4. The van der Waals surface area contributed by atoms with Crippen LogP contribution >= 0.6 is 0 Å². The van der Waals surface area contributed by atoms with Gasteiger partial charge in [-0.25, -0.2) is 0 Å². The third-order valence-corrected chi connectivity index (χ3v) is 6.05. The van der Waals surface area contributed by atoms with Crippen molar-refractivity contribution in [2.75, 3.05) is 13.1 Å². The van der Waals surface area contributed by atoms with Gasteiger partial charge in [0, 0.05) is 30.0 Å². The van der Waals surface area contributed by atoms with Crippen molar-refractivity contribution < 1.29 is 19.2 Å². The lowest BCUT2D eigenvalue weighted by atomic mass is 9.85. The van der Waals surface area contributed by atoms with Crippen LogP contribution in [0.25, 0.3) is 11.5 Å². The largest absolute Gasteiger partial charge is 0.483 e. The minimum atomic E-state index is -0.250. The summed E-state index contributed by atoms with van der Waals surface area (Å²) in [5.74, 6) is 1.97. The van der Waals surface area contributed by atoms with E-state index in [0.717, 1.165) is 37.9 Å². The van der Waals surface area contributed by atoms with E-state index in [4.69, 9.17) is 14.4 Å². The molecule has 0 spiro atoms. The second-order valence-electron chi connectivity index (χ2n) is 8.42. The molecule has 0 bridgehead atoms. The molecule has 3 aromatic rings. The average molecular weight is 449 g/mol. The van der Waals surface area contributed by atoms with E-state index in [0.29, 0.717) is 24.2 Å². The van der Waals surface area contributed by atoms with Crippen molar-refractivity contribution in [2.45, 2.75) is 37.8 Å². The number of nitrogens with one attached hydrogen (secondary N) is 1. The lowest BCUT2D eigenvalue weighted by Crippen LogP contribution is -2.51. The van der Waals surface area contributed by atoms with Crippen LogP contribution in [0.5, 0.6) is 0 Å². The van der Waals surface area contributed by atoms with Crippen LogP contribution in [0.4, 0.5) is 0 Å². The van der Waals surface area contributed by atoms with Gasteiger partial charge in [0.05, 0.1) is 6.54 Å². The zero-order valence-electron chi connectivity index (χ0n) is 18.3. The number of amides is 1. The molecule has 2 fully saturated rings. The molecular formula is C25H28N4O4. The minimum absolute atomic E-state index is 0.0924. The van der Waals surface area contributed by atoms with Crippen molar-refractivity contribution in [1.82, 2.24) is 20.4 Å². The van der Waals surface area contributed by atoms with E-state index in [9.17, 15) is 4.79 Å². The molecule has 2 N–H and O–H groups in total. The van der Waals surface area contributed by atoms with Crippen LogP contribution in [0.15, 0.2) is 65.2 Å². The van der Waals surface area contributed by atoms with E-state index in [1.807, 2.05) is 36.4 Å². The molecule has 1 saturated heterocycles. The van der Waals surface area contributed by atoms with Gasteiger partial charge in [-0.1, -0.05) is 53.7 Å². The van der Waals surface area contributed by atoms with Gasteiger partial charge in [-0.3, -0.25) is 14.5 Å². The van der Waals surface area contributed by atoms with Crippen molar-refractivity contribution in [3.63, 3.8) is 0 Å². The molecule has 1 aliphatic carbocycles. The Kier molecular flexibility index (Phi) is 7.47. The van der Waals surface area contributed by atoms with Crippen LogP contribution in [0.1, 0.15) is 36.6 Å². The van der Waals surface area contributed by atoms with Crippen LogP contribution in [0.3, 0.4) is 0 Å². The van der Waals surface area contributed by atoms with Crippen molar-refractivity contribution in [3.05, 3.63) is 72.1 Å². The van der Waals surface area contributed by atoms with Crippen molar-refractivity contribution >= 4 is 12.4 Å². The fourth-order valence-electron chi connectivity index (χ4n) is 4.27. The fourth-order valence-corrected chi connectivity index (χ4v) is 4.27. The summed E-state index contributed by atoms with van der Waals surface area (Å²) in [6.07, 6.45) is 3.02. The van der Waals surface area contributed by atoms with Crippen LogP contribution in [0.2, 0.25) is 0 Å². The molecule has 1 amide bonds. The normalized spacial score (nSPS) is 20.4. The van der Waals surface area contributed by atoms with Gasteiger partial charge in [0.1, 0.15) is 0 Å². The molecule has 33 heavy (non-hydrogen) atoms. The van der Waals surface area contributed by atoms with Crippen LogP contribution in [0, 0.1) is 5.92 Å². The maximum absolute atomic E-state index is 12.5. The Bertz CT molecular complexity index is 1040. The van der Waals surface area contributed by atoms with Gasteiger partial charge in [-0.2, -0.15) is 4.98 Å². The summed E-state index contributed by atoms with van der Waals surface area (Å²) in [5, 5.41) is 14.4. The maximum Gasteiger partial charge on any atom is 0.290 e. The van der Waals surface area contributed by atoms with E-state index in [2.05, 4.69) is 44.6 Å². The average Bonchev–Trinajstić information content (AvgIpc) is 3.60. The van der Waals surface area contributed by atoms with E-state index in [-0.39, 0.29) is 24.3 Å². The number of carbonyl (C=O) groups is 2. The first-order chi connectivity index (χ1) is 16.2. The minimum Gasteiger partial charge on any atom is -0.483 e. The van der Waals surface area contributed by atoms with Crippen molar-refractivity contribution in [2.24, 2.45) is 5.92 Å². The molecule has 2 atom stereocenters. The number of likely N-dealkylation sites (tertiary alicyclic amines) is 1. The smallest absolute Gasteiger partial charge is 0.290 e. The highest BCUT2D eigenvalue weighted by Gasteiger charge is 2.36. The quantitative estimate of drug-likeness (QED) is 0.557. The van der Waals surface area contributed by atoms with Gasteiger partial charge < -0.3 is 14.9 Å². The predicted octanol–water partition coefficient (Wildman–Crippen LogP) is 3.32. The number of carboxylic acid groups (broad SMARTS) is 1. The zero-order chi connectivity index (χ0) is 23.0. The SMILES string of the molecule is O=C(N[C@@H]1CN(Cc2noc(-c3ccccc3)n2)CC[C@H]1c1ccccc1)C1CC1.O=CO. The summed E-state index contributed by atoms with van der Waals surface area (Å²) in [5.41, 5.74) is 2.22. The highest BCUT2D eigenvalue weighted by Crippen LogP contribution is 2.32. The number of nitrogens with zero attached hydrogens (tertiary/aromatic N) is 3. The summed E-state index contributed by atoms with van der Waals surface area (Å²) in [7, 11) is 0. The van der Waals surface area contributed by atoms with Gasteiger partial charge in [0.2, 0.25) is 5.91 Å². The molecule has 172 valence electrons. The number of rotatable bonds is 6. The number of aromatic nitrogens is 2. The molecule has 1 aromatic heterocycles. The van der Waals surface area contributed by atoms with Crippen LogP contribution in [-0.2, 0) is 16.1 Å². The third-order valence-electron chi connectivity index (χ3n) is 6.05. The van der Waals surface area contributed by atoms with Gasteiger partial charge in [0.15, 0.2) is 5.82 Å². The Balaban J connectivity index is 0.000000821. The standard InChI is InChI=1S/C24H26N4O2.CH2O2/c29-23(18-11-12-18)25-21-15-28(14-13-20(21)17-7-3-1-4-8-17)16-22-26-24(30-27-22)19-9-5-2-6-10-19;2-1-3/h1-10,18,20-21H,11-16H2,(H,25,29);1H,(H,2,3)/t20-,21+;/m0./s1. The van der Waals surface area contributed by atoms with Gasteiger partial charge in [0.25, 0.3) is 12.4 Å². The lowest BCUT2D eigenvalue weighted by Gasteiger charge is -2.38. The van der Waals surface area contributed by atoms with Crippen LogP contribution < -0.4 is 5.32 Å². The van der Waals surface area contributed by atoms with E-state index >= 15 is 0 Å². The topological polar surface area (TPSA) is 109 Å². The molecule has 0 radical (unpaired) electrons.